The predicted octanol–water partition coefficient (Wildman–Crippen LogP) is 2.36. The molecule has 3 aromatic rings. The quantitative estimate of drug-likeness (QED) is 0.738. The molecule has 2 aliphatic rings. The van der Waals surface area contributed by atoms with Gasteiger partial charge in [-0.25, -0.2) is 4.98 Å². The van der Waals surface area contributed by atoms with Crippen molar-refractivity contribution in [2.45, 2.75) is 25.4 Å². The Morgan fingerprint density at radius 2 is 2.04 bits per heavy atom. The summed E-state index contributed by atoms with van der Waals surface area (Å²) in [5, 5.41) is 1.12. The molecule has 1 fully saturated rings. The van der Waals surface area contributed by atoms with E-state index in [1.807, 2.05) is 10.6 Å². The molecule has 2 aliphatic heterocycles. The molecule has 27 heavy (non-hydrogen) atoms. The van der Waals surface area contributed by atoms with Gasteiger partial charge in [-0.1, -0.05) is 17.7 Å². The van der Waals surface area contributed by atoms with Crippen molar-refractivity contribution >= 4 is 22.5 Å². The minimum Gasteiger partial charge on any atom is -0.312 e. The third kappa shape index (κ3) is 2.99. The predicted molar refractivity (Wildman–Crippen MR) is 104 cm³/mol. The fraction of sp³-hybridized carbons (Fsp3) is 0.350. The number of rotatable bonds is 2. The van der Waals surface area contributed by atoms with E-state index in [4.69, 9.17) is 11.6 Å². The van der Waals surface area contributed by atoms with Crippen LogP contribution in [-0.2, 0) is 13.1 Å². The second-order valence-electron chi connectivity index (χ2n) is 7.57. The number of pyridine rings is 1. The molecule has 1 N–H and O–H groups in total. The summed E-state index contributed by atoms with van der Waals surface area (Å²) >= 11 is 6.05. The summed E-state index contributed by atoms with van der Waals surface area (Å²) in [5.41, 5.74) is 1.69. The Morgan fingerprint density at radius 1 is 1.15 bits per heavy atom. The average molecular weight is 383 g/mol. The van der Waals surface area contributed by atoms with Gasteiger partial charge in [-0.3, -0.25) is 14.5 Å². The zero-order chi connectivity index (χ0) is 18.5. The number of benzene rings is 1. The molecule has 2 atom stereocenters. The number of hydrogen-bond acceptors (Lipinski definition) is 4. The van der Waals surface area contributed by atoms with Crippen LogP contribution in [-0.4, -0.2) is 32.5 Å². The number of aromatic amines is 1. The number of fused-ring (bicyclic) bond motifs is 5. The van der Waals surface area contributed by atoms with Gasteiger partial charge in [0, 0.05) is 42.3 Å². The molecule has 0 spiro atoms. The van der Waals surface area contributed by atoms with Crippen molar-refractivity contribution < 1.29 is 0 Å². The number of nitrogens with one attached hydrogen (secondary N) is 1. The molecule has 0 aliphatic carbocycles. The van der Waals surface area contributed by atoms with Gasteiger partial charge in [0.25, 0.3) is 11.1 Å². The molecule has 6 nitrogen and oxygen atoms in total. The van der Waals surface area contributed by atoms with E-state index in [2.05, 4.69) is 20.9 Å². The molecule has 1 saturated heterocycles. The molecule has 7 heteroatoms. The number of piperidine rings is 1. The first kappa shape index (κ1) is 16.7. The summed E-state index contributed by atoms with van der Waals surface area (Å²) in [7, 11) is 0. The van der Waals surface area contributed by atoms with E-state index in [-0.39, 0.29) is 11.1 Å². The molecular weight excluding hydrogens is 364 g/mol. The summed E-state index contributed by atoms with van der Waals surface area (Å²) in [6, 6.07) is 10.7. The topological polar surface area (TPSA) is 71.0 Å². The first-order valence-corrected chi connectivity index (χ1v) is 9.55. The number of halogens is 1. The molecule has 0 unspecified atom stereocenters. The fourth-order valence-electron chi connectivity index (χ4n) is 4.57. The molecule has 4 heterocycles. The van der Waals surface area contributed by atoms with Gasteiger partial charge in [-0.15, -0.1) is 0 Å². The lowest BCUT2D eigenvalue weighted by Gasteiger charge is -2.42. The smallest absolute Gasteiger partial charge is 0.258 e. The number of hydrogen-bond donors (Lipinski definition) is 1. The second-order valence-corrected chi connectivity index (χ2v) is 8.00. The van der Waals surface area contributed by atoms with Crippen LogP contribution in [0.4, 0.5) is 0 Å². The van der Waals surface area contributed by atoms with Gasteiger partial charge in [-0.05, 0) is 36.6 Å². The van der Waals surface area contributed by atoms with Gasteiger partial charge >= 0.3 is 0 Å². The Morgan fingerprint density at radius 3 is 2.93 bits per heavy atom. The van der Waals surface area contributed by atoms with E-state index in [9.17, 15) is 9.59 Å². The highest BCUT2D eigenvalue weighted by Crippen LogP contribution is 2.35. The summed E-state index contributed by atoms with van der Waals surface area (Å²) < 4.78 is 1.92. The summed E-state index contributed by atoms with van der Waals surface area (Å²) in [5.74, 6) is 1.44. The van der Waals surface area contributed by atoms with Crippen LogP contribution in [0.15, 0.2) is 46.0 Å². The van der Waals surface area contributed by atoms with Gasteiger partial charge in [-0.2, -0.15) is 0 Å². The second kappa shape index (κ2) is 6.32. The molecule has 2 bridgehead atoms. The normalized spacial score (nSPS) is 22.0. The third-order valence-electron chi connectivity index (χ3n) is 5.65. The van der Waals surface area contributed by atoms with E-state index in [0.717, 1.165) is 31.7 Å². The maximum Gasteiger partial charge on any atom is 0.258 e. The van der Waals surface area contributed by atoms with Gasteiger partial charge in [0.05, 0.1) is 17.4 Å². The van der Waals surface area contributed by atoms with Crippen molar-refractivity contribution in [1.29, 1.82) is 0 Å². The first-order valence-electron chi connectivity index (χ1n) is 9.17. The third-order valence-corrected chi connectivity index (χ3v) is 5.88. The number of nitrogens with zero attached hydrogens (tertiary/aromatic N) is 3. The van der Waals surface area contributed by atoms with Crippen molar-refractivity contribution in [1.82, 2.24) is 19.4 Å². The monoisotopic (exact) mass is 382 g/mol. The van der Waals surface area contributed by atoms with E-state index in [1.165, 1.54) is 0 Å². The number of H-pyrrole nitrogens is 1. The minimum atomic E-state index is -0.138. The first-order chi connectivity index (χ1) is 13.1. The molecule has 138 valence electrons. The summed E-state index contributed by atoms with van der Waals surface area (Å²) in [6.07, 6.45) is 1.11. The van der Waals surface area contributed by atoms with Crippen LogP contribution in [0.5, 0.6) is 0 Å². The van der Waals surface area contributed by atoms with Crippen molar-refractivity contribution in [3.63, 3.8) is 0 Å². The Hall–Kier alpha value is -2.44. The largest absolute Gasteiger partial charge is 0.312 e. The highest BCUT2D eigenvalue weighted by atomic mass is 35.5. The van der Waals surface area contributed by atoms with Crippen molar-refractivity contribution in [2.75, 3.05) is 13.1 Å². The Kier molecular flexibility index (Phi) is 3.91. The SMILES string of the molecule is O=c1[nH]c(CN2C[C@@H]3C[C@H](C2)c2cccc(=O)n2C3)nc2cc(Cl)ccc12. The zero-order valence-electron chi connectivity index (χ0n) is 14.7. The lowest BCUT2D eigenvalue weighted by Crippen LogP contribution is -2.46. The molecule has 0 radical (unpaired) electrons. The molecule has 1 aromatic carbocycles. The van der Waals surface area contributed by atoms with Crippen molar-refractivity contribution in [3.8, 4) is 0 Å². The van der Waals surface area contributed by atoms with Gasteiger partial charge < -0.3 is 9.55 Å². The van der Waals surface area contributed by atoms with Gasteiger partial charge in [0.15, 0.2) is 0 Å². The Labute approximate surface area is 160 Å². The highest BCUT2D eigenvalue weighted by molar-refractivity contribution is 6.31. The maximum absolute atomic E-state index is 12.4. The number of likely N-dealkylation sites (tertiary alicyclic amines) is 1. The van der Waals surface area contributed by atoms with E-state index in [1.54, 1.807) is 24.3 Å². The zero-order valence-corrected chi connectivity index (χ0v) is 15.4. The van der Waals surface area contributed by atoms with Gasteiger partial charge in [0.2, 0.25) is 0 Å². The fourth-order valence-corrected chi connectivity index (χ4v) is 4.74. The van der Waals surface area contributed by atoms with Crippen molar-refractivity contribution in [3.05, 3.63) is 73.6 Å². The maximum atomic E-state index is 12.4. The molecular formula is C20H19ClN4O2. The van der Waals surface area contributed by atoms with Crippen LogP contribution < -0.4 is 11.1 Å². The van der Waals surface area contributed by atoms with Crippen LogP contribution in [0.25, 0.3) is 10.9 Å². The minimum absolute atomic E-state index is 0.0908. The van der Waals surface area contributed by atoms with E-state index < -0.39 is 0 Å². The van der Waals surface area contributed by atoms with Crippen molar-refractivity contribution in [2.24, 2.45) is 5.92 Å². The van der Waals surface area contributed by atoms with Crippen LogP contribution in [0.2, 0.25) is 5.02 Å². The highest BCUT2D eigenvalue weighted by Gasteiger charge is 2.34. The van der Waals surface area contributed by atoms with Crippen LogP contribution in [0, 0.1) is 5.92 Å². The summed E-state index contributed by atoms with van der Waals surface area (Å²) in [6.45, 7) is 3.10. The van der Waals surface area contributed by atoms with Crippen LogP contribution >= 0.6 is 11.6 Å². The lowest BCUT2D eigenvalue weighted by molar-refractivity contribution is 0.112. The average Bonchev–Trinajstić information content (AvgIpc) is 2.62. The molecule has 2 aromatic heterocycles. The van der Waals surface area contributed by atoms with E-state index >= 15 is 0 Å². The lowest BCUT2D eigenvalue weighted by atomic mass is 9.83. The van der Waals surface area contributed by atoms with Gasteiger partial charge in [0.1, 0.15) is 5.82 Å². The molecule has 0 saturated carbocycles. The molecule has 0 amide bonds. The van der Waals surface area contributed by atoms with Crippen LogP contribution in [0.1, 0.15) is 23.9 Å². The summed E-state index contributed by atoms with van der Waals surface area (Å²) in [4.78, 5) is 34.3. The number of aromatic nitrogens is 3. The Balaban J connectivity index is 1.44. The Bertz CT molecular complexity index is 1150. The van der Waals surface area contributed by atoms with Crippen LogP contribution in [0.3, 0.4) is 0 Å². The molecule has 5 rings (SSSR count). The standard InChI is InChI=1S/C20H19ClN4O2/c21-14-4-5-15-16(7-14)22-18(23-20(15)27)11-24-8-12-6-13(10-24)17-2-1-3-19(26)25(17)9-12/h1-5,7,12-13H,6,8-11H2,(H,22,23,27)/t12-,13+/m0/s1. The van der Waals surface area contributed by atoms with E-state index in [0.29, 0.717) is 40.1 Å².